The fourth-order valence-electron chi connectivity index (χ4n) is 1.77. The quantitative estimate of drug-likeness (QED) is 0.762. The lowest BCUT2D eigenvalue weighted by Gasteiger charge is -2.10. The fraction of sp³-hybridized carbons (Fsp3) is 0.154. The maximum absolute atomic E-state index is 13.8. The van der Waals surface area contributed by atoms with E-state index in [0.29, 0.717) is 23.2 Å². The molecule has 2 aromatic rings. The number of nitrogens with zero attached hydrogens (tertiary/aromatic N) is 1. The van der Waals surface area contributed by atoms with Gasteiger partial charge in [0.15, 0.2) is 0 Å². The SMILES string of the molecule is C=CCn1c(=O)ccc2c(F)cc(OC)cc21. The van der Waals surface area contributed by atoms with E-state index in [-0.39, 0.29) is 5.56 Å². The third kappa shape index (κ3) is 1.93. The molecule has 1 heterocycles. The Labute approximate surface area is 97.8 Å². The van der Waals surface area contributed by atoms with Gasteiger partial charge in [-0.25, -0.2) is 4.39 Å². The Morgan fingerprint density at radius 3 is 2.88 bits per heavy atom. The minimum atomic E-state index is -0.405. The molecule has 0 amide bonds. The molecule has 0 aliphatic rings. The minimum Gasteiger partial charge on any atom is -0.497 e. The second-order valence-corrected chi connectivity index (χ2v) is 3.61. The van der Waals surface area contributed by atoms with Crippen molar-refractivity contribution in [1.29, 1.82) is 0 Å². The molecular formula is C13H12FNO2. The second-order valence-electron chi connectivity index (χ2n) is 3.61. The van der Waals surface area contributed by atoms with Crippen molar-refractivity contribution < 1.29 is 9.13 Å². The first-order chi connectivity index (χ1) is 8.17. The Kier molecular flexibility index (Phi) is 2.95. The first kappa shape index (κ1) is 11.4. The standard InChI is InChI=1S/C13H12FNO2/c1-3-6-15-12-8-9(17-2)7-11(14)10(12)4-5-13(15)16/h3-5,7-8H,1,6H2,2H3. The molecule has 1 aromatic heterocycles. The molecule has 1 aromatic carbocycles. The summed E-state index contributed by atoms with van der Waals surface area (Å²) in [7, 11) is 1.46. The Hall–Kier alpha value is -2.10. The maximum Gasteiger partial charge on any atom is 0.251 e. The molecule has 0 unspecified atom stereocenters. The van der Waals surface area contributed by atoms with E-state index in [2.05, 4.69) is 6.58 Å². The summed E-state index contributed by atoms with van der Waals surface area (Å²) in [6, 6.07) is 5.77. The Morgan fingerprint density at radius 2 is 2.24 bits per heavy atom. The summed E-state index contributed by atoms with van der Waals surface area (Å²) < 4.78 is 20.2. The second kappa shape index (κ2) is 4.41. The summed E-state index contributed by atoms with van der Waals surface area (Å²) in [6.45, 7) is 3.92. The predicted octanol–water partition coefficient (Wildman–Crippen LogP) is 2.34. The van der Waals surface area contributed by atoms with Crippen molar-refractivity contribution in [2.45, 2.75) is 6.54 Å². The molecule has 17 heavy (non-hydrogen) atoms. The number of rotatable bonds is 3. The van der Waals surface area contributed by atoms with Crippen molar-refractivity contribution >= 4 is 10.9 Å². The molecule has 0 fully saturated rings. The van der Waals surface area contributed by atoms with Crippen LogP contribution in [0.2, 0.25) is 0 Å². The summed E-state index contributed by atoms with van der Waals surface area (Å²) in [5, 5.41) is 0.396. The van der Waals surface area contributed by atoms with Gasteiger partial charge < -0.3 is 9.30 Å². The van der Waals surface area contributed by atoms with Crippen LogP contribution in [-0.4, -0.2) is 11.7 Å². The summed E-state index contributed by atoms with van der Waals surface area (Å²) in [6.07, 6.45) is 1.60. The lowest BCUT2D eigenvalue weighted by molar-refractivity contribution is 0.412. The zero-order chi connectivity index (χ0) is 12.4. The molecule has 0 saturated carbocycles. The van der Waals surface area contributed by atoms with E-state index in [4.69, 9.17) is 4.74 Å². The monoisotopic (exact) mass is 233 g/mol. The van der Waals surface area contributed by atoms with E-state index >= 15 is 0 Å². The molecule has 4 heteroatoms. The van der Waals surface area contributed by atoms with Gasteiger partial charge in [0.25, 0.3) is 5.56 Å². The van der Waals surface area contributed by atoms with Gasteiger partial charge in [-0.05, 0) is 6.07 Å². The molecule has 0 aliphatic heterocycles. The predicted molar refractivity (Wildman–Crippen MR) is 64.9 cm³/mol. The van der Waals surface area contributed by atoms with Crippen molar-refractivity contribution in [3.05, 3.63) is 53.1 Å². The number of methoxy groups -OCH3 is 1. The highest BCUT2D eigenvalue weighted by atomic mass is 19.1. The Morgan fingerprint density at radius 1 is 1.47 bits per heavy atom. The van der Waals surface area contributed by atoms with Gasteiger partial charge in [-0.3, -0.25) is 4.79 Å². The topological polar surface area (TPSA) is 31.2 Å². The normalized spacial score (nSPS) is 10.5. The summed E-state index contributed by atoms with van der Waals surface area (Å²) in [5.41, 5.74) is 0.319. The van der Waals surface area contributed by atoms with Crippen molar-refractivity contribution in [3.63, 3.8) is 0 Å². The molecule has 0 N–H and O–H groups in total. The molecule has 0 atom stereocenters. The van der Waals surface area contributed by atoms with Crippen molar-refractivity contribution in [2.75, 3.05) is 7.11 Å². The Balaban J connectivity index is 2.86. The molecule has 0 radical (unpaired) electrons. The minimum absolute atomic E-state index is 0.190. The number of pyridine rings is 1. The van der Waals surface area contributed by atoms with E-state index in [9.17, 15) is 9.18 Å². The average molecular weight is 233 g/mol. The van der Waals surface area contributed by atoms with Crippen LogP contribution in [0.5, 0.6) is 5.75 Å². The van der Waals surface area contributed by atoms with Crippen LogP contribution in [0.1, 0.15) is 0 Å². The van der Waals surface area contributed by atoms with Gasteiger partial charge in [0.05, 0.1) is 12.6 Å². The Bertz CT molecular complexity index is 631. The summed E-state index contributed by atoms with van der Waals surface area (Å²) >= 11 is 0. The molecule has 3 nitrogen and oxygen atoms in total. The first-order valence-corrected chi connectivity index (χ1v) is 5.15. The van der Waals surface area contributed by atoms with Crippen molar-refractivity contribution in [1.82, 2.24) is 4.57 Å². The highest BCUT2D eigenvalue weighted by Gasteiger charge is 2.08. The van der Waals surface area contributed by atoms with E-state index in [1.807, 2.05) is 0 Å². The average Bonchev–Trinajstić information content (AvgIpc) is 2.32. The maximum atomic E-state index is 13.8. The largest absolute Gasteiger partial charge is 0.497 e. The van der Waals surface area contributed by atoms with Gasteiger partial charge in [-0.15, -0.1) is 6.58 Å². The van der Waals surface area contributed by atoms with Crippen LogP contribution in [0.15, 0.2) is 41.7 Å². The van der Waals surface area contributed by atoms with Crippen molar-refractivity contribution in [2.24, 2.45) is 0 Å². The van der Waals surface area contributed by atoms with Gasteiger partial charge in [0.1, 0.15) is 11.6 Å². The smallest absolute Gasteiger partial charge is 0.251 e. The first-order valence-electron chi connectivity index (χ1n) is 5.15. The van der Waals surface area contributed by atoms with Gasteiger partial charge in [-0.2, -0.15) is 0 Å². The van der Waals surface area contributed by atoms with Gasteiger partial charge in [0.2, 0.25) is 0 Å². The highest BCUT2D eigenvalue weighted by molar-refractivity contribution is 5.81. The van der Waals surface area contributed by atoms with E-state index in [0.717, 1.165) is 0 Å². The number of allylic oxidation sites excluding steroid dienone is 1. The van der Waals surface area contributed by atoms with Gasteiger partial charge in [0, 0.05) is 30.1 Å². The number of hydrogen-bond acceptors (Lipinski definition) is 2. The van der Waals surface area contributed by atoms with Crippen LogP contribution in [-0.2, 0) is 6.54 Å². The summed E-state index contributed by atoms with van der Waals surface area (Å²) in [4.78, 5) is 11.7. The zero-order valence-corrected chi connectivity index (χ0v) is 9.44. The van der Waals surface area contributed by atoms with Crippen LogP contribution in [0.4, 0.5) is 4.39 Å². The van der Waals surface area contributed by atoms with Crippen LogP contribution in [0, 0.1) is 5.82 Å². The van der Waals surface area contributed by atoms with Crippen molar-refractivity contribution in [3.8, 4) is 5.75 Å². The van der Waals surface area contributed by atoms with Crippen LogP contribution in [0.3, 0.4) is 0 Å². The van der Waals surface area contributed by atoms with Gasteiger partial charge in [-0.1, -0.05) is 6.08 Å². The number of halogens is 1. The molecule has 0 spiro atoms. The number of aromatic nitrogens is 1. The third-order valence-corrected chi connectivity index (χ3v) is 2.58. The molecule has 2 rings (SSSR count). The van der Waals surface area contributed by atoms with E-state index < -0.39 is 5.82 Å². The van der Waals surface area contributed by atoms with E-state index in [1.54, 1.807) is 12.1 Å². The van der Waals surface area contributed by atoms with Crippen LogP contribution in [0.25, 0.3) is 10.9 Å². The van der Waals surface area contributed by atoms with Crippen LogP contribution < -0.4 is 10.3 Å². The number of hydrogen-bond donors (Lipinski definition) is 0. The fourth-order valence-corrected chi connectivity index (χ4v) is 1.77. The number of benzene rings is 1. The lowest BCUT2D eigenvalue weighted by Crippen LogP contribution is -2.18. The molecule has 88 valence electrons. The van der Waals surface area contributed by atoms with Crippen LogP contribution >= 0.6 is 0 Å². The van der Waals surface area contributed by atoms with E-state index in [1.165, 1.54) is 29.9 Å². The van der Waals surface area contributed by atoms with Gasteiger partial charge >= 0.3 is 0 Å². The molecule has 0 saturated heterocycles. The molecular weight excluding hydrogens is 221 g/mol. The lowest BCUT2D eigenvalue weighted by atomic mass is 10.2. The number of ether oxygens (including phenoxy) is 1. The zero-order valence-electron chi connectivity index (χ0n) is 9.44. The summed E-state index contributed by atoms with van der Waals surface area (Å²) in [5.74, 6) is -0.0180. The molecule has 0 aliphatic carbocycles. The highest BCUT2D eigenvalue weighted by Crippen LogP contribution is 2.23. The molecule has 0 bridgehead atoms. The number of fused-ring (bicyclic) bond motifs is 1. The third-order valence-electron chi connectivity index (χ3n) is 2.58.